The van der Waals surface area contributed by atoms with Crippen molar-refractivity contribution in [1.82, 2.24) is 13.7 Å². The monoisotopic (exact) mass is 649 g/mol. The summed E-state index contributed by atoms with van der Waals surface area (Å²) in [6.07, 6.45) is 0. The molecular weight excluding hydrogens is 619 g/mol. The number of aromatic nitrogens is 3. The minimum Gasteiger partial charge on any atom is -0.309 e. The van der Waals surface area contributed by atoms with Crippen molar-refractivity contribution in [2.75, 3.05) is 0 Å². The molecule has 3 aromatic heterocycles. The molecular formula is C48H31N3. The fraction of sp³-hybridized carbons (Fsp3) is 0. The molecule has 0 atom stereocenters. The zero-order valence-electron chi connectivity index (χ0n) is 27.7. The van der Waals surface area contributed by atoms with E-state index < -0.39 is 0 Å². The highest BCUT2D eigenvalue weighted by molar-refractivity contribution is 6.23. The lowest BCUT2D eigenvalue weighted by molar-refractivity contribution is 1.16. The highest BCUT2D eigenvalue weighted by atomic mass is 15.0. The standard InChI is InChI=1S/C48H31N3/c1-4-14-32(15-5-1)33-24-26-36(27-25-33)51-46-29-41-38-21-11-13-23-44(38)49(34-16-6-2-7-17-34)45(41)30-42(46)40-28-39-37-20-10-12-22-43(37)50(47(39)31-48(40)51)35-18-8-3-9-19-35/h1-31H. The summed E-state index contributed by atoms with van der Waals surface area (Å²) in [4.78, 5) is 0. The van der Waals surface area contributed by atoms with Crippen molar-refractivity contribution in [2.24, 2.45) is 0 Å². The molecule has 3 nitrogen and oxygen atoms in total. The predicted octanol–water partition coefficient (Wildman–Crippen LogP) is 12.6. The highest BCUT2D eigenvalue weighted by Gasteiger charge is 2.21. The van der Waals surface area contributed by atoms with Crippen LogP contribution < -0.4 is 0 Å². The van der Waals surface area contributed by atoms with E-state index in [4.69, 9.17) is 0 Å². The summed E-state index contributed by atoms with van der Waals surface area (Å²) in [5.41, 5.74) is 13.1. The lowest BCUT2D eigenvalue weighted by Crippen LogP contribution is -1.96. The Balaban J connectivity index is 1.29. The summed E-state index contributed by atoms with van der Waals surface area (Å²) in [7, 11) is 0. The number of fused-ring (bicyclic) bond motifs is 9. The SMILES string of the molecule is c1ccc(-c2ccc(-n3c4cc5c6ccccc6n(-c6ccccc6)c5cc4c4cc5c6ccccc6n(-c6ccccc6)c5cc43)cc2)cc1. The summed E-state index contributed by atoms with van der Waals surface area (Å²) in [6.45, 7) is 0. The molecule has 0 fully saturated rings. The number of rotatable bonds is 4. The second kappa shape index (κ2) is 10.8. The van der Waals surface area contributed by atoms with Crippen LogP contribution in [0.4, 0.5) is 0 Å². The van der Waals surface area contributed by atoms with Crippen molar-refractivity contribution in [1.29, 1.82) is 0 Å². The second-order valence-electron chi connectivity index (χ2n) is 13.4. The van der Waals surface area contributed by atoms with Gasteiger partial charge in [-0.3, -0.25) is 0 Å². The van der Waals surface area contributed by atoms with E-state index in [9.17, 15) is 0 Å². The van der Waals surface area contributed by atoms with E-state index in [2.05, 4.69) is 202 Å². The Kier molecular flexibility index (Phi) is 5.96. The Morgan fingerprint density at radius 1 is 0.216 bits per heavy atom. The third-order valence-electron chi connectivity index (χ3n) is 10.6. The molecule has 11 aromatic rings. The average Bonchev–Trinajstić information content (AvgIpc) is 3.82. The summed E-state index contributed by atoms with van der Waals surface area (Å²) in [6, 6.07) is 68.4. The fourth-order valence-corrected chi connectivity index (χ4v) is 8.36. The Labute approximate surface area is 294 Å². The zero-order valence-corrected chi connectivity index (χ0v) is 27.7. The Hall–Kier alpha value is -6.84. The topological polar surface area (TPSA) is 14.8 Å². The van der Waals surface area contributed by atoms with Crippen molar-refractivity contribution < 1.29 is 0 Å². The first-order valence-electron chi connectivity index (χ1n) is 17.5. The van der Waals surface area contributed by atoms with Crippen LogP contribution in [0.3, 0.4) is 0 Å². The van der Waals surface area contributed by atoms with Gasteiger partial charge in [-0.2, -0.15) is 0 Å². The zero-order chi connectivity index (χ0) is 33.5. The van der Waals surface area contributed by atoms with Crippen LogP contribution in [0.2, 0.25) is 0 Å². The molecule has 3 heteroatoms. The molecule has 0 saturated carbocycles. The number of para-hydroxylation sites is 4. The molecule has 3 heterocycles. The van der Waals surface area contributed by atoms with Crippen LogP contribution in [-0.4, -0.2) is 13.7 Å². The smallest absolute Gasteiger partial charge is 0.0562 e. The number of hydrogen-bond donors (Lipinski definition) is 0. The van der Waals surface area contributed by atoms with Crippen molar-refractivity contribution in [2.45, 2.75) is 0 Å². The maximum atomic E-state index is 2.47. The molecule has 8 aromatic carbocycles. The van der Waals surface area contributed by atoms with Crippen LogP contribution in [0.15, 0.2) is 188 Å². The Morgan fingerprint density at radius 2 is 0.569 bits per heavy atom. The van der Waals surface area contributed by atoms with E-state index in [1.165, 1.54) is 76.5 Å². The Morgan fingerprint density at radius 3 is 1.12 bits per heavy atom. The van der Waals surface area contributed by atoms with Crippen molar-refractivity contribution >= 4 is 65.4 Å². The van der Waals surface area contributed by atoms with E-state index in [0.29, 0.717) is 0 Å². The quantitative estimate of drug-likeness (QED) is 0.180. The van der Waals surface area contributed by atoms with Crippen LogP contribution in [0.1, 0.15) is 0 Å². The van der Waals surface area contributed by atoms with Crippen molar-refractivity contribution in [3.63, 3.8) is 0 Å². The highest BCUT2D eigenvalue weighted by Crippen LogP contribution is 2.43. The van der Waals surface area contributed by atoms with Gasteiger partial charge in [-0.05, 0) is 83.9 Å². The van der Waals surface area contributed by atoms with Gasteiger partial charge in [0.1, 0.15) is 0 Å². The average molecular weight is 650 g/mol. The van der Waals surface area contributed by atoms with E-state index in [1.54, 1.807) is 0 Å². The maximum absolute atomic E-state index is 2.47. The first-order chi connectivity index (χ1) is 25.3. The van der Waals surface area contributed by atoms with Gasteiger partial charge in [0.2, 0.25) is 0 Å². The predicted molar refractivity (Wildman–Crippen MR) is 215 cm³/mol. The van der Waals surface area contributed by atoms with Gasteiger partial charge in [-0.1, -0.05) is 115 Å². The van der Waals surface area contributed by atoms with Crippen LogP contribution in [0.25, 0.3) is 93.6 Å². The first kappa shape index (κ1) is 28.0. The lowest BCUT2D eigenvalue weighted by Gasteiger charge is -2.11. The largest absolute Gasteiger partial charge is 0.309 e. The Bertz CT molecular complexity index is 3090. The summed E-state index contributed by atoms with van der Waals surface area (Å²) in [5, 5.41) is 7.49. The van der Waals surface area contributed by atoms with Crippen molar-refractivity contribution in [3.8, 4) is 28.2 Å². The van der Waals surface area contributed by atoms with Gasteiger partial charge in [0.15, 0.2) is 0 Å². The van der Waals surface area contributed by atoms with Crippen LogP contribution in [0.5, 0.6) is 0 Å². The van der Waals surface area contributed by atoms with E-state index in [-0.39, 0.29) is 0 Å². The molecule has 0 saturated heterocycles. The van der Waals surface area contributed by atoms with Crippen LogP contribution >= 0.6 is 0 Å². The molecule has 0 amide bonds. The summed E-state index contributed by atoms with van der Waals surface area (Å²) in [5.74, 6) is 0. The molecule has 0 aliphatic carbocycles. The van der Waals surface area contributed by atoms with Crippen LogP contribution in [-0.2, 0) is 0 Å². The minimum atomic E-state index is 1.14. The molecule has 0 N–H and O–H groups in total. The second-order valence-corrected chi connectivity index (χ2v) is 13.4. The molecule has 0 unspecified atom stereocenters. The van der Waals surface area contributed by atoms with Crippen LogP contribution in [0, 0.1) is 0 Å². The van der Waals surface area contributed by atoms with E-state index in [0.717, 1.165) is 17.1 Å². The number of hydrogen-bond acceptors (Lipinski definition) is 0. The normalized spacial score (nSPS) is 11.9. The first-order valence-corrected chi connectivity index (χ1v) is 17.5. The molecule has 11 rings (SSSR count). The summed E-state index contributed by atoms with van der Waals surface area (Å²) >= 11 is 0. The molecule has 0 aliphatic heterocycles. The lowest BCUT2D eigenvalue weighted by atomic mass is 10.1. The number of benzene rings is 8. The van der Waals surface area contributed by atoms with Gasteiger partial charge < -0.3 is 13.7 Å². The molecule has 51 heavy (non-hydrogen) atoms. The molecule has 238 valence electrons. The van der Waals surface area contributed by atoms with E-state index >= 15 is 0 Å². The van der Waals surface area contributed by atoms with Gasteiger partial charge in [-0.25, -0.2) is 0 Å². The minimum absolute atomic E-state index is 1.14. The van der Waals surface area contributed by atoms with Gasteiger partial charge in [-0.15, -0.1) is 0 Å². The van der Waals surface area contributed by atoms with Gasteiger partial charge in [0.05, 0.1) is 33.1 Å². The molecule has 0 aliphatic rings. The number of nitrogens with zero attached hydrogens (tertiary/aromatic N) is 3. The van der Waals surface area contributed by atoms with Crippen molar-refractivity contribution in [3.05, 3.63) is 188 Å². The molecule has 0 bridgehead atoms. The third-order valence-corrected chi connectivity index (χ3v) is 10.6. The molecule has 0 radical (unpaired) electrons. The molecule has 0 spiro atoms. The fourth-order valence-electron chi connectivity index (χ4n) is 8.36. The maximum Gasteiger partial charge on any atom is 0.0562 e. The summed E-state index contributed by atoms with van der Waals surface area (Å²) < 4.78 is 7.31. The van der Waals surface area contributed by atoms with E-state index in [1.807, 2.05) is 0 Å². The van der Waals surface area contributed by atoms with Gasteiger partial charge in [0.25, 0.3) is 0 Å². The van der Waals surface area contributed by atoms with Gasteiger partial charge in [0, 0.05) is 49.4 Å². The third kappa shape index (κ3) is 4.12. The van der Waals surface area contributed by atoms with Gasteiger partial charge >= 0.3 is 0 Å².